The highest BCUT2D eigenvalue weighted by Crippen LogP contribution is 2.23. The van der Waals surface area contributed by atoms with Crippen molar-refractivity contribution in [3.05, 3.63) is 59.9 Å². The van der Waals surface area contributed by atoms with E-state index in [4.69, 9.17) is 4.74 Å². The van der Waals surface area contributed by atoms with Gasteiger partial charge < -0.3 is 4.74 Å². The van der Waals surface area contributed by atoms with Crippen LogP contribution in [0.1, 0.15) is 41.8 Å². The summed E-state index contributed by atoms with van der Waals surface area (Å²) < 4.78 is 5.56. The van der Waals surface area contributed by atoms with Crippen LogP contribution in [0, 0.1) is 0 Å². The first kappa shape index (κ1) is 13.2. The van der Waals surface area contributed by atoms with E-state index >= 15 is 0 Å². The smallest absolute Gasteiger partial charge is 0.340 e. The molecule has 0 fully saturated rings. The van der Waals surface area contributed by atoms with Gasteiger partial charge in [0.25, 0.3) is 0 Å². The molecule has 4 heteroatoms. The minimum atomic E-state index is -0.364. The van der Waals surface area contributed by atoms with Crippen LogP contribution >= 0.6 is 0 Å². The molecule has 19 heavy (non-hydrogen) atoms. The zero-order chi connectivity index (χ0) is 13.5. The van der Waals surface area contributed by atoms with Gasteiger partial charge in [-0.15, -0.1) is 0 Å². The van der Waals surface area contributed by atoms with Crippen LogP contribution in [-0.2, 0) is 4.74 Å². The van der Waals surface area contributed by atoms with E-state index in [1.807, 2.05) is 30.3 Å². The average molecular weight is 256 g/mol. The zero-order valence-corrected chi connectivity index (χ0v) is 10.8. The number of rotatable bonds is 5. The molecule has 98 valence electrons. The van der Waals surface area contributed by atoms with Gasteiger partial charge in [-0.3, -0.25) is 0 Å². The average Bonchev–Trinajstić information content (AvgIpc) is 2.48. The highest BCUT2D eigenvalue weighted by Gasteiger charge is 2.17. The van der Waals surface area contributed by atoms with E-state index in [0.717, 1.165) is 18.4 Å². The third-order valence-electron chi connectivity index (χ3n) is 2.79. The highest BCUT2D eigenvalue weighted by atomic mass is 16.5. The molecule has 0 aliphatic carbocycles. The second-order valence-corrected chi connectivity index (χ2v) is 4.22. The first-order valence-electron chi connectivity index (χ1n) is 6.34. The molecule has 0 bridgehead atoms. The van der Waals surface area contributed by atoms with E-state index in [-0.39, 0.29) is 12.1 Å². The summed E-state index contributed by atoms with van der Waals surface area (Å²) in [7, 11) is 0. The Bertz CT molecular complexity index is 514. The van der Waals surface area contributed by atoms with Crippen molar-refractivity contribution in [1.29, 1.82) is 0 Å². The minimum Gasteiger partial charge on any atom is -0.454 e. The standard InChI is InChI=1S/C15H16N2O2/c1-2-6-14(12-7-4-3-5-8-12)19-15(18)13-9-10-16-17-11-13/h3-5,7-11,14H,2,6H2,1H3/t14-/m1/s1. The van der Waals surface area contributed by atoms with Gasteiger partial charge in [0.1, 0.15) is 6.10 Å². The molecule has 2 rings (SSSR count). The first-order chi connectivity index (χ1) is 9.31. The Morgan fingerprint density at radius 2 is 2.00 bits per heavy atom. The molecule has 4 nitrogen and oxygen atoms in total. The largest absolute Gasteiger partial charge is 0.454 e. The maximum absolute atomic E-state index is 12.0. The Kier molecular flexibility index (Phi) is 4.61. The monoisotopic (exact) mass is 256 g/mol. The summed E-state index contributed by atoms with van der Waals surface area (Å²) in [4.78, 5) is 12.0. The van der Waals surface area contributed by atoms with Gasteiger partial charge in [-0.1, -0.05) is 43.7 Å². The molecule has 1 heterocycles. The number of nitrogens with zero attached hydrogens (tertiary/aromatic N) is 2. The van der Waals surface area contributed by atoms with Crippen LogP contribution in [0.2, 0.25) is 0 Å². The van der Waals surface area contributed by atoms with Crippen LogP contribution in [-0.4, -0.2) is 16.2 Å². The van der Waals surface area contributed by atoms with Crippen LogP contribution < -0.4 is 0 Å². The molecule has 0 saturated heterocycles. The van der Waals surface area contributed by atoms with Crippen LogP contribution in [0.3, 0.4) is 0 Å². The molecule has 1 atom stereocenters. The number of carbonyl (C=O) groups is 1. The van der Waals surface area contributed by atoms with E-state index in [9.17, 15) is 4.79 Å². The summed E-state index contributed by atoms with van der Waals surface area (Å²) in [6.07, 6.45) is 4.42. The third kappa shape index (κ3) is 3.61. The highest BCUT2D eigenvalue weighted by molar-refractivity contribution is 5.89. The second-order valence-electron chi connectivity index (χ2n) is 4.22. The maximum Gasteiger partial charge on any atom is 0.340 e. The molecule has 0 aliphatic rings. The molecule has 1 aromatic heterocycles. The van der Waals surface area contributed by atoms with Crippen LogP contribution in [0.25, 0.3) is 0 Å². The number of ether oxygens (including phenoxy) is 1. The molecule has 1 aromatic carbocycles. The lowest BCUT2D eigenvalue weighted by molar-refractivity contribution is 0.0274. The lowest BCUT2D eigenvalue weighted by Crippen LogP contribution is -2.12. The van der Waals surface area contributed by atoms with E-state index in [2.05, 4.69) is 17.1 Å². The molecule has 0 saturated carbocycles. The Morgan fingerprint density at radius 1 is 1.21 bits per heavy atom. The lowest BCUT2D eigenvalue weighted by atomic mass is 10.1. The molecule has 2 aromatic rings. The summed E-state index contributed by atoms with van der Waals surface area (Å²) in [5, 5.41) is 7.32. The fourth-order valence-electron chi connectivity index (χ4n) is 1.83. The van der Waals surface area contributed by atoms with Crippen LogP contribution in [0.4, 0.5) is 0 Å². The van der Waals surface area contributed by atoms with E-state index in [1.165, 1.54) is 12.4 Å². The summed E-state index contributed by atoms with van der Waals surface area (Å²) in [5.74, 6) is -0.364. The van der Waals surface area contributed by atoms with Crippen molar-refractivity contribution in [2.24, 2.45) is 0 Å². The fraction of sp³-hybridized carbons (Fsp3) is 0.267. The number of hydrogen-bond donors (Lipinski definition) is 0. The number of hydrogen-bond acceptors (Lipinski definition) is 4. The van der Waals surface area contributed by atoms with Gasteiger partial charge in [0.2, 0.25) is 0 Å². The van der Waals surface area contributed by atoms with Crippen molar-refractivity contribution >= 4 is 5.97 Å². The van der Waals surface area contributed by atoms with E-state index < -0.39 is 0 Å². The number of benzene rings is 1. The maximum atomic E-state index is 12.0. The number of esters is 1. The predicted molar refractivity (Wildman–Crippen MR) is 71.5 cm³/mol. The van der Waals surface area contributed by atoms with Crippen molar-refractivity contribution in [2.45, 2.75) is 25.9 Å². The summed E-state index contributed by atoms with van der Waals surface area (Å²) in [6, 6.07) is 11.4. The van der Waals surface area contributed by atoms with Crippen molar-refractivity contribution < 1.29 is 9.53 Å². The van der Waals surface area contributed by atoms with Gasteiger partial charge in [-0.2, -0.15) is 10.2 Å². The van der Waals surface area contributed by atoms with Gasteiger partial charge in [0.05, 0.1) is 18.0 Å². The molecular weight excluding hydrogens is 240 g/mol. The Morgan fingerprint density at radius 3 is 2.63 bits per heavy atom. The predicted octanol–water partition coefficient (Wildman–Crippen LogP) is 3.17. The van der Waals surface area contributed by atoms with Gasteiger partial charge in [0, 0.05) is 0 Å². The quantitative estimate of drug-likeness (QED) is 0.771. The van der Waals surface area contributed by atoms with E-state index in [0.29, 0.717) is 5.56 Å². The summed E-state index contributed by atoms with van der Waals surface area (Å²) in [5.41, 5.74) is 1.44. The molecule has 0 aliphatic heterocycles. The molecule has 0 unspecified atom stereocenters. The minimum absolute atomic E-state index is 0.216. The second kappa shape index (κ2) is 6.64. The molecule has 0 N–H and O–H groups in total. The zero-order valence-electron chi connectivity index (χ0n) is 10.8. The Hall–Kier alpha value is -2.23. The van der Waals surface area contributed by atoms with Crippen LogP contribution in [0.15, 0.2) is 48.8 Å². The van der Waals surface area contributed by atoms with Gasteiger partial charge >= 0.3 is 5.97 Å². The third-order valence-corrected chi connectivity index (χ3v) is 2.79. The van der Waals surface area contributed by atoms with Crippen molar-refractivity contribution in [2.75, 3.05) is 0 Å². The van der Waals surface area contributed by atoms with Gasteiger partial charge in [-0.05, 0) is 18.1 Å². The first-order valence-corrected chi connectivity index (χ1v) is 6.34. The molecule has 0 amide bonds. The normalized spacial score (nSPS) is 11.8. The summed E-state index contributed by atoms with van der Waals surface area (Å²) >= 11 is 0. The number of carbonyl (C=O) groups excluding carboxylic acids is 1. The van der Waals surface area contributed by atoms with Crippen LogP contribution in [0.5, 0.6) is 0 Å². The fourth-order valence-corrected chi connectivity index (χ4v) is 1.83. The Balaban J connectivity index is 2.11. The number of aromatic nitrogens is 2. The van der Waals surface area contributed by atoms with Gasteiger partial charge in [0.15, 0.2) is 0 Å². The molecule has 0 spiro atoms. The summed E-state index contributed by atoms with van der Waals surface area (Å²) in [6.45, 7) is 2.07. The molecule has 0 radical (unpaired) electrons. The Labute approximate surface area is 112 Å². The topological polar surface area (TPSA) is 52.1 Å². The molecular formula is C15H16N2O2. The van der Waals surface area contributed by atoms with E-state index in [1.54, 1.807) is 6.07 Å². The lowest BCUT2D eigenvalue weighted by Gasteiger charge is -2.17. The van der Waals surface area contributed by atoms with Crippen molar-refractivity contribution in [3.63, 3.8) is 0 Å². The van der Waals surface area contributed by atoms with Gasteiger partial charge in [-0.25, -0.2) is 4.79 Å². The SMILES string of the molecule is CCC[C@@H](OC(=O)c1ccnnc1)c1ccccc1. The van der Waals surface area contributed by atoms with Crippen molar-refractivity contribution in [1.82, 2.24) is 10.2 Å². The van der Waals surface area contributed by atoms with Crippen molar-refractivity contribution in [3.8, 4) is 0 Å².